The van der Waals surface area contributed by atoms with E-state index in [1.165, 1.54) is 5.56 Å². The summed E-state index contributed by atoms with van der Waals surface area (Å²) in [4.78, 5) is 11.0. The number of aryl methyl sites for hydroxylation is 1. The SMILES string of the molecule is CCOC(=O)C/C=C/CCc1ccccc1. The molecule has 0 N–H and O–H groups in total. The molecule has 2 heteroatoms. The molecule has 16 heavy (non-hydrogen) atoms. The Morgan fingerprint density at radius 3 is 2.69 bits per heavy atom. The van der Waals surface area contributed by atoms with Gasteiger partial charge in [0, 0.05) is 0 Å². The molecule has 0 unspecified atom stereocenters. The molecule has 0 heterocycles. The summed E-state index contributed by atoms with van der Waals surface area (Å²) in [6.07, 6.45) is 6.26. The topological polar surface area (TPSA) is 26.3 Å². The van der Waals surface area contributed by atoms with Crippen LogP contribution in [0.1, 0.15) is 25.3 Å². The van der Waals surface area contributed by atoms with Crippen LogP contribution < -0.4 is 0 Å². The summed E-state index contributed by atoms with van der Waals surface area (Å²) in [6, 6.07) is 10.3. The molecule has 1 aromatic carbocycles. The van der Waals surface area contributed by atoms with Crippen LogP contribution in [0.3, 0.4) is 0 Å². The molecule has 0 spiro atoms. The predicted octanol–water partition coefficient (Wildman–Crippen LogP) is 3.13. The molecule has 2 nitrogen and oxygen atoms in total. The smallest absolute Gasteiger partial charge is 0.309 e. The summed E-state index contributed by atoms with van der Waals surface area (Å²) in [6.45, 7) is 2.27. The Kier molecular flexibility index (Phi) is 6.00. The average Bonchev–Trinajstić information content (AvgIpc) is 2.30. The van der Waals surface area contributed by atoms with E-state index in [0.29, 0.717) is 13.0 Å². The molecular formula is C14H18O2. The van der Waals surface area contributed by atoms with Crippen LogP contribution >= 0.6 is 0 Å². The van der Waals surface area contributed by atoms with Gasteiger partial charge in [0.1, 0.15) is 0 Å². The highest BCUT2D eigenvalue weighted by molar-refractivity contribution is 5.71. The Hall–Kier alpha value is -1.57. The van der Waals surface area contributed by atoms with Crippen LogP contribution in [0.2, 0.25) is 0 Å². The van der Waals surface area contributed by atoms with E-state index in [1.807, 2.05) is 37.3 Å². The predicted molar refractivity (Wildman–Crippen MR) is 65.2 cm³/mol. The second-order valence-electron chi connectivity index (χ2n) is 3.50. The van der Waals surface area contributed by atoms with Crippen LogP contribution in [0.4, 0.5) is 0 Å². The third-order valence-electron chi connectivity index (χ3n) is 2.20. The van der Waals surface area contributed by atoms with E-state index in [-0.39, 0.29) is 5.97 Å². The van der Waals surface area contributed by atoms with E-state index < -0.39 is 0 Å². The first-order valence-electron chi connectivity index (χ1n) is 5.67. The maximum Gasteiger partial charge on any atom is 0.309 e. The van der Waals surface area contributed by atoms with Crippen LogP contribution in [0.5, 0.6) is 0 Å². The molecule has 0 aliphatic heterocycles. The van der Waals surface area contributed by atoms with E-state index in [4.69, 9.17) is 4.74 Å². The van der Waals surface area contributed by atoms with Crippen LogP contribution in [-0.4, -0.2) is 12.6 Å². The summed E-state index contributed by atoms with van der Waals surface area (Å²) < 4.78 is 4.82. The van der Waals surface area contributed by atoms with Crippen molar-refractivity contribution < 1.29 is 9.53 Å². The Bertz CT molecular complexity index is 328. The molecule has 0 bridgehead atoms. The fourth-order valence-corrected chi connectivity index (χ4v) is 1.41. The lowest BCUT2D eigenvalue weighted by atomic mass is 10.1. The van der Waals surface area contributed by atoms with Crippen molar-refractivity contribution >= 4 is 5.97 Å². The number of carbonyl (C=O) groups is 1. The molecule has 0 aliphatic rings. The number of esters is 1. The molecule has 0 radical (unpaired) electrons. The fraction of sp³-hybridized carbons (Fsp3) is 0.357. The lowest BCUT2D eigenvalue weighted by Crippen LogP contribution is -2.01. The molecule has 0 aromatic heterocycles. The number of carbonyl (C=O) groups excluding carboxylic acids is 1. The van der Waals surface area contributed by atoms with Gasteiger partial charge in [-0.25, -0.2) is 0 Å². The largest absolute Gasteiger partial charge is 0.466 e. The zero-order chi connectivity index (χ0) is 11.6. The lowest BCUT2D eigenvalue weighted by molar-refractivity contribution is -0.142. The molecule has 0 amide bonds. The number of hydrogen-bond acceptors (Lipinski definition) is 2. The van der Waals surface area contributed by atoms with E-state index in [1.54, 1.807) is 0 Å². The summed E-state index contributed by atoms with van der Waals surface area (Å²) in [7, 11) is 0. The molecule has 0 saturated heterocycles. The van der Waals surface area contributed by atoms with Gasteiger partial charge < -0.3 is 4.74 Å². The lowest BCUT2D eigenvalue weighted by Gasteiger charge is -1.97. The first-order valence-corrected chi connectivity index (χ1v) is 5.67. The third kappa shape index (κ3) is 5.35. The van der Waals surface area contributed by atoms with Crippen molar-refractivity contribution in [3.63, 3.8) is 0 Å². The van der Waals surface area contributed by atoms with Crippen molar-refractivity contribution in [3.05, 3.63) is 48.0 Å². The van der Waals surface area contributed by atoms with Crippen LogP contribution in [-0.2, 0) is 16.0 Å². The summed E-state index contributed by atoms with van der Waals surface area (Å²) in [5, 5.41) is 0. The fourth-order valence-electron chi connectivity index (χ4n) is 1.41. The molecule has 0 atom stereocenters. The van der Waals surface area contributed by atoms with Crippen molar-refractivity contribution in [1.82, 2.24) is 0 Å². The summed E-state index contributed by atoms with van der Waals surface area (Å²) in [5.41, 5.74) is 1.32. The Labute approximate surface area is 96.9 Å². The van der Waals surface area contributed by atoms with Crippen LogP contribution in [0, 0.1) is 0 Å². The number of allylic oxidation sites excluding steroid dienone is 1. The van der Waals surface area contributed by atoms with Gasteiger partial charge in [0.2, 0.25) is 0 Å². The normalized spacial score (nSPS) is 10.6. The van der Waals surface area contributed by atoms with Crippen molar-refractivity contribution in [1.29, 1.82) is 0 Å². The third-order valence-corrected chi connectivity index (χ3v) is 2.20. The van der Waals surface area contributed by atoms with E-state index in [2.05, 4.69) is 12.1 Å². The Balaban J connectivity index is 2.16. The maximum absolute atomic E-state index is 11.0. The van der Waals surface area contributed by atoms with Crippen molar-refractivity contribution in [2.45, 2.75) is 26.2 Å². The van der Waals surface area contributed by atoms with Gasteiger partial charge in [-0.2, -0.15) is 0 Å². The number of rotatable bonds is 6. The second kappa shape index (κ2) is 7.69. The number of ether oxygens (including phenoxy) is 1. The van der Waals surface area contributed by atoms with Gasteiger partial charge in [-0.15, -0.1) is 0 Å². The van der Waals surface area contributed by atoms with E-state index >= 15 is 0 Å². The molecule has 0 fully saturated rings. The first-order chi connectivity index (χ1) is 7.83. The molecule has 1 rings (SSSR count). The van der Waals surface area contributed by atoms with Gasteiger partial charge in [-0.3, -0.25) is 4.79 Å². The highest BCUT2D eigenvalue weighted by Gasteiger charge is 1.95. The standard InChI is InChI=1S/C14H18O2/c1-2-16-14(15)12-8-4-7-11-13-9-5-3-6-10-13/h3-6,8-10H,2,7,11-12H2,1H3/b8-4+. The zero-order valence-corrected chi connectivity index (χ0v) is 9.69. The van der Waals surface area contributed by atoms with Crippen LogP contribution in [0.25, 0.3) is 0 Å². The van der Waals surface area contributed by atoms with Gasteiger partial charge in [-0.1, -0.05) is 42.5 Å². The van der Waals surface area contributed by atoms with Gasteiger partial charge in [0.15, 0.2) is 0 Å². The Morgan fingerprint density at radius 1 is 1.25 bits per heavy atom. The maximum atomic E-state index is 11.0. The van der Waals surface area contributed by atoms with Crippen molar-refractivity contribution in [2.75, 3.05) is 6.61 Å². The average molecular weight is 218 g/mol. The molecular weight excluding hydrogens is 200 g/mol. The minimum Gasteiger partial charge on any atom is -0.466 e. The number of benzene rings is 1. The van der Waals surface area contributed by atoms with Crippen molar-refractivity contribution in [2.24, 2.45) is 0 Å². The quantitative estimate of drug-likeness (QED) is 0.541. The molecule has 86 valence electrons. The monoisotopic (exact) mass is 218 g/mol. The molecule has 1 aromatic rings. The van der Waals surface area contributed by atoms with Gasteiger partial charge in [-0.05, 0) is 25.3 Å². The van der Waals surface area contributed by atoms with Crippen LogP contribution in [0.15, 0.2) is 42.5 Å². The minimum atomic E-state index is -0.154. The van der Waals surface area contributed by atoms with Gasteiger partial charge >= 0.3 is 5.97 Å². The minimum absolute atomic E-state index is 0.154. The zero-order valence-electron chi connectivity index (χ0n) is 9.69. The van der Waals surface area contributed by atoms with Gasteiger partial charge in [0.05, 0.1) is 13.0 Å². The molecule has 0 saturated carbocycles. The second-order valence-corrected chi connectivity index (χ2v) is 3.50. The highest BCUT2D eigenvalue weighted by Crippen LogP contribution is 2.03. The summed E-state index contributed by atoms with van der Waals surface area (Å²) >= 11 is 0. The van der Waals surface area contributed by atoms with E-state index in [0.717, 1.165) is 12.8 Å². The summed E-state index contributed by atoms with van der Waals surface area (Å²) in [5.74, 6) is -0.154. The van der Waals surface area contributed by atoms with Gasteiger partial charge in [0.25, 0.3) is 0 Å². The molecule has 0 aliphatic carbocycles. The van der Waals surface area contributed by atoms with Crippen molar-refractivity contribution in [3.8, 4) is 0 Å². The number of hydrogen-bond donors (Lipinski definition) is 0. The first kappa shape index (κ1) is 12.5. The van der Waals surface area contributed by atoms with E-state index in [9.17, 15) is 4.79 Å². The Morgan fingerprint density at radius 2 is 2.00 bits per heavy atom. The highest BCUT2D eigenvalue weighted by atomic mass is 16.5.